The molecule has 1 aromatic carbocycles. The zero-order valence-electron chi connectivity index (χ0n) is 11.0. The van der Waals surface area contributed by atoms with E-state index < -0.39 is 12.1 Å². The normalized spacial score (nSPS) is 12.7. The lowest BCUT2D eigenvalue weighted by atomic mass is 10.1. The highest BCUT2D eigenvalue weighted by molar-refractivity contribution is 5.87. The van der Waals surface area contributed by atoms with Crippen molar-refractivity contribution < 1.29 is 14.6 Å². The van der Waals surface area contributed by atoms with Crippen molar-refractivity contribution in [1.82, 2.24) is 4.57 Å². The first-order valence-corrected chi connectivity index (χ1v) is 5.78. The van der Waals surface area contributed by atoms with Crippen molar-refractivity contribution in [2.24, 2.45) is 7.05 Å². The number of fused-ring (bicyclic) bond motifs is 1. The van der Waals surface area contributed by atoms with Gasteiger partial charge >= 0.3 is 5.97 Å². The lowest BCUT2D eigenvalue weighted by molar-refractivity contribution is -0.150. The Labute approximate surface area is 106 Å². The van der Waals surface area contributed by atoms with E-state index in [1.807, 2.05) is 33.0 Å². The standard InChI is InChI=1S/C14H17NO3/c1-8-9(2)15(3)12-6-5-10(7-11(8)12)13(16)14(17)18-4/h5-7,13,16H,1-4H3. The molecule has 2 rings (SSSR count). The SMILES string of the molecule is COC(=O)C(O)c1ccc2c(c1)c(C)c(C)n2C. The number of aliphatic hydroxyl groups excluding tert-OH is 1. The van der Waals surface area contributed by atoms with E-state index in [9.17, 15) is 9.90 Å². The van der Waals surface area contributed by atoms with Gasteiger partial charge in [0.15, 0.2) is 6.10 Å². The van der Waals surface area contributed by atoms with E-state index in [4.69, 9.17) is 0 Å². The minimum atomic E-state index is -1.22. The smallest absolute Gasteiger partial charge is 0.339 e. The number of carbonyl (C=O) groups excluding carboxylic acids is 1. The molecule has 0 spiro atoms. The third-order valence-corrected chi connectivity index (χ3v) is 3.57. The number of nitrogens with zero attached hydrogens (tertiary/aromatic N) is 1. The average molecular weight is 247 g/mol. The van der Waals surface area contributed by atoms with Crippen LogP contribution >= 0.6 is 0 Å². The molecule has 0 saturated heterocycles. The molecule has 1 aromatic heterocycles. The molecule has 18 heavy (non-hydrogen) atoms. The summed E-state index contributed by atoms with van der Waals surface area (Å²) >= 11 is 0. The third-order valence-electron chi connectivity index (χ3n) is 3.57. The molecule has 4 nitrogen and oxygen atoms in total. The summed E-state index contributed by atoms with van der Waals surface area (Å²) in [5.74, 6) is -0.639. The van der Waals surface area contributed by atoms with Crippen LogP contribution in [0.1, 0.15) is 22.9 Å². The molecule has 0 aliphatic heterocycles. The van der Waals surface area contributed by atoms with Crippen molar-refractivity contribution in [2.45, 2.75) is 20.0 Å². The predicted octanol–water partition coefficient (Wildman–Crippen LogP) is 2.00. The number of benzene rings is 1. The molecule has 0 aliphatic carbocycles. The van der Waals surface area contributed by atoms with Crippen LogP contribution in [0.15, 0.2) is 18.2 Å². The lowest BCUT2D eigenvalue weighted by Crippen LogP contribution is -2.13. The minimum Gasteiger partial charge on any atom is -0.467 e. The molecule has 1 N–H and O–H groups in total. The molecule has 0 radical (unpaired) electrons. The molecule has 0 bridgehead atoms. The van der Waals surface area contributed by atoms with Gasteiger partial charge in [0.25, 0.3) is 0 Å². The molecule has 0 amide bonds. The number of carbonyl (C=O) groups is 1. The number of rotatable bonds is 2. The van der Waals surface area contributed by atoms with Gasteiger partial charge in [-0.05, 0) is 37.1 Å². The molecule has 1 heterocycles. The van der Waals surface area contributed by atoms with Gasteiger partial charge in [0.05, 0.1) is 7.11 Å². The Morgan fingerprint density at radius 1 is 1.39 bits per heavy atom. The zero-order valence-corrected chi connectivity index (χ0v) is 11.0. The summed E-state index contributed by atoms with van der Waals surface area (Å²) in [6.07, 6.45) is -1.22. The first-order valence-electron chi connectivity index (χ1n) is 5.78. The van der Waals surface area contributed by atoms with Gasteiger partial charge in [0.2, 0.25) is 0 Å². The number of hydrogen-bond donors (Lipinski definition) is 1. The maximum Gasteiger partial charge on any atom is 0.339 e. The number of aromatic nitrogens is 1. The summed E-state index contributed by atoms with van der Waals surface area (Å²) in [6.45, 7) is 4.08. The fraction of sp³-hybridized carbons (Fsp3) is 0.357. The van der Waals surface area contributed by atoms with E-state index in [1.54, 1.807) is 6.07 Å². The summed E-state index contributed by atoms with van der Waals surface area (Å²) in [6, 6.07) is 5.51. The second kappa shape index (κ2) is 4.46. The lowest BCUT2D eigenvalue weighted by Gasteiger charge is -2.09. The molecule has 96 valence electrons. The van der Waals surface area contributed by atoms with Crippen LogP contribution in [0.3, 0.4) is 0 Å². The summed E-state index contributed by atoms with van der Waals surface area (Å²) in [5.41, 5.74) is 3.98. The van der Waals surface area contributed by atoms with E-state index in [0.29, 0.717) is 5.56 Å². The Bertz CT molecular complexity index is 613. The van der Waals surface area contributed by atoms with E-state index in [0.717, 1.165) is 16.5 Å². The van der Waals surface area contributed by atoms with E-state index in [-0.39, 0.29) is 0 Å². The number of ether oxygens (including phenoxy) is 1. The van der Waals surface area contributed by atoms with Gasteiger partial charge in [-0.3, -0.25) is 0 Å². The molecule has 4 heteroatoms. The minimum absolute atomic E-state index is 0.558. The van der Waals surface area contributed by atoms with E-state index >= 15 is 0 Å². The van der Waals surface area contributed by atoms with Gasteiger partial charge < -0.3 is 14.4 Å². The number of esters is 1. The van der Waals surface area contributed by atoms with Crippen LogP contribution in [0.25, 0.3) is 10.9 Å². The van der Waals surface area contributed by atoms with Gasteiger partial charge in [0, 0.05) is 23.6 Å². The van der Waals surface area contributed by atoms with Crippen molar-refractivity contribution in [3.8, 4) is 0 Å². The summed E-state index contributed by atoms with van der Waals surface area (Å²) in [7, 11) is 3.27. The van der Waals surface area contributed by atoms with Crippen LogP contribution < -0.4 is 0 Å². The molecular weight excluding hydrogens is 230 g/mol. The molecule has 1 atom stereocenters. The fourth-order valence-corrected chi connectivity index (χ4v) is 2.19. The van der Waals surface area contributed by atoms with E-state index in [1.165, 1.54) is 12.8 Å². The van der Waals surface area contributed by atoms with Crippen LogP contribution in [0, 0.1) is 13.8 Å². The Balaban J connectivity index is 2.57. The first-order chi connectivity index (χ1) is 8.47. The summed E-state index contributed by atoms with van der Waals surface area (Å²) in [5, 5.41) is 10.9. The number of methoxy groups -OCH3 is 1. The molecule has 0 saturated carbocycles. The van der Waals surface area contributed by atoms with Crippen LogP contribution in [-0.4, -0.2) is 22.8 Å². The Morgan fingerprint density at radius 2 is 2.06 bits per heavy atom. The van der Waals surface area contributed by atoms with Gasteiger partial charge in [-0.25, -0.2) is 4.79 Å². The zero-order chi connectivity index (χ0) is 13.4. The molecule has 1 unspecified atom stereocenters. The van der Waals surface area contributed by atoms with Crippen LogP contribution in [-0.2, 0) is 16.6 Å². The largest absolute Gasteiger partial charge is 0.467 e. The predicted molar refractivity (Wildman–Crippen MR) is 69.4 cm³/mol. The van der Waals surface area contributed by atoms with Crippen LogP contribution in [0.4, 0.5) is 0 Å². The van der Waals surface area contributed by atoms with Crippen LogP contribution in [0.2, 0.25) is 0 Å². The van der Waals surface area contributed by atoms with Crippen molar-refractivity contribution in [3.63, 3.8) is 0 Å². The van der Waals surface area contributed by atoms with Gasteiger partial charge in [-0.1, -0.05) is 6.07 Å². The quantitative estimate of drug-likeness (QED) is 0.826. The van der Waals surface area contributed by atoms with Crippen LogP contribution in [0.5, 0.6) is 0 Å². The topological polar surface area (TPSA) is 51.5 Å². The van der Waals surface area contributed by atoms with Crippen molar-refractivity contribution in [2.75, 3.05) is 7.11 Å². The first kappa shape index (κ1) is 12.6. The monoisotopic (exact) mass is 247 g/mol. The van der Waals surface area contributed by atoms with Gasteiger partial charge in [-0.2, -0.15) is 0 Å². The highest BCUT2D eigenvalue weighted by Crippen LogP contribution is 2.27. The highest BCUT2D eigenvalue weighted by atomic mass is 16.5. The summed E-state index contributed by atoms with van der Waals surface area (Å²) < 4.78 is 6.64. The van der Waals surface area contributed by atoms with Gasteiger partial charge in [-0.15, -0.1) is 0 Å². The Hall–Kier alpha value is -1.81. The second-order valence-electron chi connectivity index (χ2n) is 4.47. The molecule has 0 fully saturated rings. The molecular formula is C14H17NO3. The van der Waals surface area contributed by atoms with Crippen molar-refractivity contribution in [1.29, 1.82) is 0 Å². The fourth-order valence-electron chi connectivity index (χ4n) is 2.19. The second-order valence-corrected chi connectivity index (χ2v) is 4.47. The Kier molecular flexibility index (Phi) is 3.13. The molecule has 0 aliphatic rings. The third kappa shape index (κ3) is 1.78. The van der Waals surface area contributed by atoms with Crippen molar-refractivity contribution in [3.05, 3.63) is 35.0 Å². The number of aryl methyl sites for hydroxylation is 2. The molecule has 2 aromatic rings. The number of aliphatic hydroxyl groups is 1. The Morgan fingerprint density at radius 3 is 2.67 bits per heavy atom. The van der Waals surface area contributed by atoms with E-state index in [2.05, 4.69) is 9.30 Å². The summed E-state index contributed by atoms with van der Waals surface area (Å²) in [4.78, 5) is 11.3. The van der Waals surface area contributed by atoms with Gasteiger partial charge in [0.1, 0.15) is 0 Å². The average Bonchev–Trinajstić information content (AvgIpc) is 2.61. The number of hydrogen-bond acceptors (Lipinski definition) is 3. The maximum absolute atomic E-state index is 11.3. The maximum atomic E-state index is 11.3. The van der Waals surface area contributed by atoms with Crippen molar-refractivity contribution >= 4 is 16.9 Å². The highest BCUT2D eigenvalue weighted by Gasteiger charge is 2.19.